The van der Waals surface area contributed by atoms with Crippen LogP contribution in [0, 0.1) is 0 Å². The third kappa shape index (κ3) is 3.51. The number of hydrogen-bond acceptors (Lipinski definition) is 4. The summed E-state index contributed by atoms with van der Waals surface area (Å²) in [6.45, 7) is 5.20. The molecule has 3 heterocycles. The lowest BCUT2D eigenvalue weighted by Crippen LogP contribution is -2.50. The Kier molecular flexibility index (Phi) is 4.77. The number of amides is 1. The fraction of sp³-hybridized carbons (Fsp3) is 0.304. The van der Waals surface area contributed by atoms with Gasteiger partial charge in [0.2, 0.25) is 5.91 Å². The van der Waals surface area contributed by atoms with Crippen LogP contribution in [-0.2, 0) is 11.3 Å². The molecule has 1 aromatic heterocycles. The van der Waals surface area contributed by atoms with Crippen LogP contribution in [0.1, 0.15) is 17.0 Å². The number of aromatic nitrogens is 2. The second kappa shape index (κ2) is 7.72. The highest BCUT2D eigenvalue weighted by Gasteiger charge is 2.35. The molecule has 0 atom stereocenters. The summed E-state index contributed by atoms with van der Waals surface area (Å²) in [6, 6.07) is 15.8. The minimum Gasteiger partial charge on any atom is -0.457 e. The average molecular weight is 388 g/mol. The first kappa shape index (κ1) is 17.9. The number of para-hydroxylation sites is 2. The zero-order chi connectivity index (χ0) is 19.6. The van der Waals surface area contributed by atoms with Crippen molar-refractivity contribution < 1.29 is 9.53 Å². The first-order valence-corrected chi connectivity index (χ1v) is 10.1. The Morgan fingerprint density at radius 1 is 0.931 bits per heavy atom. The van der Waals surface area contributed by atoms with Crippen molar-refractivity contribution in [3.05, 3.63) is 78.4 Å². The van der Waals surface area contributed by atoms with Crippen LogP contribution in [0.2, 0.25) is 0 Å². The van der Waals surface area contributed by atoms with Crippen molar-refractivity contribution in [2.45, 2.75) is 12.5 Å². The smallest absolute Gasteiger partial charge is 0.234 e. The van der Waals surface area contributed by atoms with Gasteiger partial charge in [0, 0.05) is 62.8 Å². The highest BCUT2D eigenvalue weighted by Crippen LogP contribution is 2.44. The van der Waals surface area contributed by atoms with E-state index in [0.717, 1.165) is 61.9 Å². The monoisotopic (exact) mass is 388 g/mol. The van der Waals surface area contributed by atoms with E-state index >= 15 is 0 Å². The van der Waals surface area contributed by atoms with E-state index < -0.39 is 0 Å². The van der Waals surface area contributed by atoms with Crippen molar-refractivity contribution in [1.82, 2.24) is 19.4 Å². The molecule has 2 aromatic carbocycles. The Morgan fingerprint density at radius 2 is 1.59 bits per heavy atom. The van der Waals surface area contributed by atoms with Crippen molar-refractivity contribution in [2.24, 2.45) is 0 Å². The van der Waals surface area contributed by atoms with Gasteiger partial charge in [-0.25, -0.2) is 4.98 Å². The van der Waals surface area contributed by atoms with Crippen molar-refractivity contribution in [1.29, 1.82) is 0 Å². The molecule has 0 bridgehead atoms. The first-order chi connectivity index (χ1) is 14.3. The van der Waals surface area contributed by atoms with E-state index in [4.69, 9.17) is 4.74 Å². The van der Waals surface area contributed by atoms with Crippen LogP contribution in [0.15, 0.2) is 67.3 Å². The quantitative estimate of drug-likeness (QED) is 0.690. The highest BCUT2D eigenvalue weighted by molar-refractivity contribution is 5.89. The molecule has 5 rings (SSSR count). The van der Waals surface area contributed by atoms with Crippen LogP contribution in [0.25, 0.3) is 0 Å². The minimum absolute atomic E-state index is 0.169. The number of carbonyl (C=O) groups excluding carboxylic acids is 1. The van der Waals surface area contributed by atoms with Crippen LogP contribution in [-0.4, -0.2) is 58.0 Å². The summed E-state index contributed by atoms with van der Waals surface area (Å²) < 4.78 is 8.13. The van der Waals surface area contributed by atoms with Gasteiger partial charge in [-0.3, -0.25) is 9.69 Å². The number of piperazine rings is 1. The van der Waals surface area contributed by atoms with Crippen LogP contribution < -0.4 is 4.74 Å². The van der Waals surface area contributed by atoms with Crippen molar-refractivity contribution in [2.75, 3.05) is 32.7 Å². The number of imidazole rings is 1. The lowest BCUT2D eigenvalue weighted by molar-refractivity contribution is -0.133. The summed E-state index contributed by atoms with van der Waals surface area (Å²) >= 11 is 0. The van der Waals surface area contributed by atoms with E-state index in [9.17, 15) is 4.79 Å². The summed E-state index contributed by atoms with van der Waals surface area (Å²) in [5.74, 6) is 1.43. The minimum atomic E-state index is -0.298. The Morgan fingerprint density at radius 3 is 2.21 bits per heavy atom. The Labute approximate surface area is 170 Å². The number of rotatable bonds is 4. The maximum absolute atomic E-state index is 13.6. The third-order valence-corrected chi connectivity index (χ3v) is 5.84. The van der Waals surface area contributed by atoms with Crippen LogP contribution in [0.5, 0.6) is 11.5 Å². The van der Waals surface area contributed by atoms with Crippen LogP contribution >= 0.6 is 0 Å². The van der Waals surface area contributed by atoms with E-state index in [-0.39, 0.29) is 11.8 Å². The Hall–Kier alpha value is -3.12. The second-order valence-electron chi connectivity index (χ2n) is 7.58. The van der Waals surface area contributed by atoms with E-state index in [2.05, 4.69) is 14.5 Å². The van der Waals surface area contributed by atoms with Gasteiger partial charge in [0.25, 0.3) is 0 Å². The predicted molar refractivity (Wildman–Crippen MR) is 110 cm³/mol. The molecule has 3 aromatic rings. The summed E-state index contributed by atoms with van der Waals surface area (Å²) in [6.07, 6.45) is 5.64. The predicted octanol–water partition coefficient (Wildman–Crippen LogP) is 2.97. The molecule has 6 heteroatoms. The fourth-order valence-corrected chi connectivity index (χ4v) is 4.23. The van der Waals surface area contributed by atoms with Gasteiger partial charge in [-0.2, -0.15) is 0 Å². The van der Waals surface area contributed by atoms with Crippen LogP contribution in [0.4, 0.5) is 0 Å². The second-order valence-corrected chi connectivity index (χ2v) is 7.58. The molecule has 2 aliphatic rings. The lowest BCUT2D eigenvalue weighted by Gasteiger charge is -2.38. The molecule has 0 saturated carbocycles. The zero-order valence-electron chi connectivity index (χ0n) is 16.3. The van der Waals surface area contributed by atoms with E-state index in [0.29, 0.717) is 0 Å². The zero-order valence-corrected chi connectivity index (χ0v) is 16.3. The molecule has 0 unspecified atom stereocenters. The van der Waals surface area contributed by atoms with Gasteiger partial charge in [0.1, 0.15) is 11.5 Å². The van der Waals surface area contributed by atoms with Gasteiger partial charge < -0.3 is 14.2 Å². The molecule has 1 saturated heterocycles. The Bertz CT molecular complexity index is 948. The maximum atomic E-state index is 13.6. The van der Waals surface area contributed by atoms with Crippen molar-refractivity contribution in [3.8, 4) is 11.5 Å². The highest BCUT2D eigenvalue weighted by atomic mass is 16.5. The Balaban J connectivity index is 1.30. The van der Waals surface area contributed by atoms with Gasteiger partial charge in [-0.05, 0) is 12.1 Å². The number of benzene rings is 2. The molecule has 148 valence electrons. The number of nitrogens with zero attached hydrogens (tertiary/aromatic N) is 4. The molecule has 0 spiro atoms. The molecular weight excluding hydrogens is 364 g/mol. The lowest BCUT2D eigenvalue weighted by atomic mass is 9.86. The van der Waals surface area contributed by atoms with Gasteiger partial charge >= 0.3 is 0 Å². The van der Waals surface area contributed by atoms with Gasteiger partial charge in [-0.1, -0.05) is 36.4 Å². The van der Waals surface area contributed by atoms with Crippen LogP contribution in [0.3, 0.4) is 0 Å². The van der Waals surface area contributed by atoms with E-state index in [1.165, 1.54) is 0 Å². The molecular formula is C23H24N4O2. The summed E-state index contributed by atoms with van der Waals surface area (Å²) in [5.41, 5.74) is 1.91. The summed E-state index contributed by atoms with van der Waals surface area (Å²) in [5, 5.41) is 0. The third-order valence-electron chi connectivity index (χ3n) is 5.84. The molecule has 2 aliphatic heterocycles. The first-order valence-electron chi connectivity index (χ1n) is 10.1. The number of fused-ring (bicyclic) bond motifs is 2. The average Bonchev–Trinajstić information content (AvgIpc) is 3.30. The normalized spacial score (nSPS) is 16.8. The summed E-state index contributed by atoms with van der Waals surface area (Å²) in [7, 11) is 0. The molecule has 6 nitrogen and oxygen atoms in total. The van der Waals surface area contributed by atoms with E-state index in [1.807, 2.05) is 66.0 Å². The largest absolute Gasteiger partial charge is 0.457 e. The van der Waals surface area contributed by atoms with Gasteiger partial charge in [0.05, 0.1) is 12.2 Å². The number of ether oxygens (including phenoxy) is 1. The number of carbonyl (C=O) groups is 1. The molecule has 29 heavy (non-hydrogen) atoms. The SMILES string of the molecule is O=C(C1c2ccccc2Oc2ccccc21)N1CCN(CCn2ccnc2)CC1. The standard InChI is InChI=1S/C23H24N4O2/c28-23(27-15-13-25(14-16-27)11-12-26-10-9-24-17-26)22-18-5-1-3-7-20(18)29-21-8-4-2-6-19(21)22/h1-10,17,22H,11-16H2. The van der Waals surface area contributed by atoms with E-state index in [1.54, 1.807) is 6.20 Å². The maximum Gasteiger partial charge on any atom is 0.234 e. The molecule has 0 N–H and O–H groups in total. The van der Waals surface area contributed by atoms with Gasteiger partial charge in [-0.15, -0.1) is 0 Å². The molecule has 0 aliphatic carbocycles. The van der Waals surface area contributed by atoms with Crippen molar-refractivity contribution >= 4 is 5.91 Å². The molecule has 0 radical (unpaired) electrons. The molecule has 1 amide bonds. The topological polar surface area (TPSA) is 50.6 Å². The fourth-order valence-electron chi connectivity index (χ4n) is 4.23. The summed E-state index contributed by atoms with van der Waals surface area (Å²) in [4.78, 5) is 22.1. The van der Waals surface area contributed by atoms with Crippen molar-refractivity contribution in [3.63, 3.8) is 0 Å². The number of hydrogen-bond donors (Lipinski definition) is 0. The van der Waals surface area contributed by atoms with Gasteiger partial charge in [0.15, 0.2) is 0 Å². The molecule has 1 fully saturated rings.